The molecular formula is C15H19Cl2NO. The molecule has 1 fully saturated rings. The maximum atomic E-state index is 12.3. The van der Waals surface area contributed by atoms with E-state index in [0.29, 0.717) is 34.2 Å². The van der Waals surface area contributed by atoms with E-state index in [1.165, 1.54) is 19.3 Å². The number of Topliss-reactive ketones (excluding diaryl/α,β-unsaturated/α-hetero) is 1. The van der Waals surface area contributed by atoms with Crippen LogP contribution in [-0.2, 0) is 0 Å². The van der Waals surface area contributed by atoms with E-state index < -0.39 is 0 Å². The van der Waals surface area contributed by atoms with Gasteiger partial charge in [-0.25, -0.2) is 0 Å². The number of benzene rings is 1. The standard InChI is InChI=1S/C15H19Cl2NO/c1-10-4-3-5-11(2)18(10)9-15(19)12-6-7-13(16)14(17)8-12/h6-8,10-11H,3-5,9H2,1-2H3/t10-,11+. The van der Waals surface area contributed by atoms with Crippen LogP contribution < -0.4 is 0 Å². The molecule has 0 N–H and O–H groups in total. The van der Waals surface area contributed by atoms with E-state index in [1.54, 1.807) is 18.2 Å². The lowest BCUT2D eigenvalue weighted by atomic mass is 9.96. The number of carbonyl (C=O) groups excluding carboxylic acids is 1. The summed E-state index contributed by atoms with van der Waals surface area (Å²) in [5.41, 5.74) is 0.638. The minimum Gasteiger partial charge on any atom is -0.293 e. The number of hydrogen-bond donors (Lipinski definition) is 0. The molecular weight excluding hydrogens is 281 g/mol. The smallest absolute Gasteiger partial charge is 0.176 e. The fraction of sp³-hybridized carbons (Fsp3) is 0.533. The number of halogens is 2. The van der Waals surface area contributed by atoms with Crippen LogP contribution in [0.25, 0.3) is 0 Å². The summed E-state index contributed by atoms with van der Waals surface area (Å²) in [5.74, 6) is 0.110. The van der Waals surface area contributed by atoms with Gasteiger partial charge in [0.2, 0.25) is 0 Å². The van der Waals surface area contributed by atoms with Crippen molar-refractivity contribution in [2.24, 2.45) is 0 Å². The number of likely N-dealkylation sites (tertiary alicyclic amines) is 1. The molecule has 0 bridgehead atoms. The highest BCUT2D eigenvalue weighted by molar-refractivity contribution is 6.42. The third kappa shape index (κ3) is 3.50. The van der Waals surface area contributed by atoms with Gasteiger partial charge in [0.05, 0.1) is 16.6 Å². The second kappa shape index (κ2) is 6.25. The van der Waals surface area contributed by atoms with Gasteiger partial charge in [0.25, 0.3) is 0 Å². The molecule has 0 amide bonds. The second-order valence-corrected chi connectivity index (χ2v) is 6.17. The predicted octanol–water partition coefficient (Wildman–Crippen LogP) is 4.44. The van der Waals surface area contributed by atoms with E-state index >= 15 is 0 Å². The summed E-state index contributed by atoms with van der Waals surface area (Å²) in [6.45, 7) is 4.84. The van der Waals surface area contributed by atoms with E-state index in [4.69, 9.17) is 23.2 Å². The van der Waals surface area contributed by atoms with Gasteiger partial charge in [0.15, 0.2) is 5.78 Å². The zero-order chi connectivity index (χ0) is 14.0. The van der Waals surface area contributed by atoms with E-state index in [1.807, 2.05) is 0 Å². The van der Waals surface area contributed by atoms with Gasteiger partial charge < -0.3 is 0 Å². The van der Waals surface area contributed by atoms with E-state index in [-0.39, 0.29) is 5.78 Å². The van der Waals surface area contributed by atoms with Crippen LogP contribution in [0.5, 0.6) is 0 Å². The SMILES string of the molecule is C[C@@H]1CCC[C@H](C)N1CC(=O)c1ccc(Cl)c(Cl)c1. The van der Waals surface area contributed by atoms with Crippen LogP contribution in [0, 0.1) is 0 Å². The molecule has 2 nitrogen and oxygen atoms in total. The molecule has 104 valence electrons. The highest BCUT2D eigenvalue weighted by atomic mass is 35.5. The highest BCUT2D eigenvalue weighted by Crippen LogP contribution is 2.25. The monoisotopic (exact) mass is 299 g/mol. The third-order valence-corrected chi connectivity index (χ3v) is 4.68. The molecule has 0 spiro atoms. The van der Waals surface area contributed by atoms with E-state index in [2.05, 4.69) is 18.7 Å². The summed E-state index contributed by atoms with van der Waals surface area (Å²) in [6.07, 6.45) is 3.58. The molecule has 1 aliphatic heterocycles. The first kappa shape index (κ1) is 14.8. The summed E-state index contributed by atoms with van der Waals surface area (Å²) < 4.78 is 0. The molecule has 1 aromatic rings. The Labute approximate surface area is 124 Å². The molecule has 1 saturated heterocycles. The Morgan fingerprint density at radius 2 is 1.84 bits per heavy atom. The van der Waals surface area contributed by atoms with Gasteiger partial charge in [-0.15, -0.1) is 0 Å². The van der Waals surface area contributed by atoms with Crippen LogP contribution >= 0.6 is 23.2 Å². The molecule has 2 atom stereocenters. The topological polar surface area (TPSA) is 20.3 Å². The van der Waals surface area contributed by atoms with Gasteiger partial charge in [-0.3, -0.25) is 9.69 Å². The summed E-state index contributed by atoms with van der Waals surface area (Å²) in [6, 6.07) is 6.02. The maximum Gasteiger partial charge on any atom is 0.176 e. The van der Waals surface area contributed by atoms with Crippen molar-refractivity contribution in [2.75, 3.05) is 6.54 Å². The van der Waals surface area contributed by atoms with Crippen LogP contribution in [0.1, 0.15) is 43.5 Å². The lowest BCUT2D eigenvalue weighted by Crippen LogP contribution is -2.46. The minimum atomic E-state index is 0.110. The first-order valence-electron chi connectivity index (χ1n) is 6.73. The number of rotatable bonds is 3. The zero-order valence-corrected chi connectivity index (χ0v) is 12.8. The molecule has 0 aromatic heterocycles. The molecule has 0 aliphatic carbocycles. The molecule has 0 radical (unpaired) electrons. The predicted molar refractivity (Wildman–Crippen MR) is 80.3 cm³/mol. The first-order chi connectivity index (χ1) is 8.99. The lowest BCUT2D eigenvalue weighted by molar-refractivity contribution is 0.0734. The summed E-state index contributed by atoms with van der Waals surface area (Å²) >= 11 is 11.8. The maximum absolute atomic E-state index is 12.3. The minimum absolute atomic E-state index is 0.110. The number of nitrogens with zero attached hydrogens (tertiary/aromatic N) is 1. The quantitative estimate of drug-likeness (QED) is 0.769. The number of carbonyl (C=O) groups is 1. The van der Waals surface area contributed by atoms with Crippen molar-refractivity contribution >= 4 is 29.0 Å². The molecule has 0 saturated carbocycles. The fourth-order valence-corrected chi connectivity index (χ4v) is 3.01. The van der Waals surface area contributed by atoms with Crippen LogP contribution in [0.4, 0.5) is 0 Å². The summed E-state index contributed by atoms with van der Waals surface area (Å²) in [7, 11) is 0. The Kier molecular flexibility index (Phi) is 4.88. The van der Waals surface area contributed by atoms with Crippen LogP contribution in [0.3, 0.4) is 0 Å². The Bertz CT molecular complexity index is 465. The Morgan fingerprint density at radius 1 is 1.21 bits per heavy atom. The van der Waals surface area contributed by atoms with Crippen molar-refractivity contribution in [1.82, 2.24) is 4.90 Å². The molecule has 4 heteroatoms. The molecule has 2 rings (SSSR count). The van der Waals surface area contributed by atoms with Crippen LogP contribution in [0.15, 0.2) is 18.2 Å². The van der Waals surface area contributed by atoms with Gasteiger partial charge >= 0.3 is 0 Å². The largest absolute Gasteiger partial charge is 0.293 e. The van der Waals surface area contributed by atoms with Crippen molar-refractivity contribution in [2.45, 2.75) is 45.2 Å². The van der Waals surface area contributed by atoms with Gasteiger partial charge in [-0.1, -0.05) is 29.6 Å². The Morgan fingerprint density at radius 3 is 2.42 bits per heavy atom. The summed E-state index contributed by atoms with van der Waals surface area (Å²) in [5, 5.41) is 0.921. The van der Waals surface area contributed by atoms with Gasteiger partial charge in [-0.05, 0) is 44.9 Å². The van der Waals surface area contributed by atoms with E-state index in [0.717, 1.165) is 0 Å². The van der Waals surface area contributed by atoms with Gasteiger partial charge in [0, 0.05) is 17.6 Å². The van der Waals surface area contributed by atoms with Crippen LogP contribution in [0.2, 0.25) is 10.0 Å². The number of piperidine rings is 1. The van der Waals surface area contributed by atoms with Gasteiger partial charge in [-0.2, -0.15) is 0 Å². The summed E-state index contributed by atoms with van der Waals surface area (Å²) in [4.78, 5) is 14.6. The number of hydrogen-bond acceptors (Lipinski definition) is 2. The third-order valence-electron chi connectivity index (χ3n) is 3.94. The Balaban J connectivity index is 2.09. The Hall–Kier alpha value is -0.570. The molecule has 0 unspecified atom stereocenters. The van der Waals surface area contributed by atoms with Crippen molar-refractivity contribution in [3.05, 3.63) is 33.8 Å². The molecule has 1 heterocycles. The molecule has 1 aromatic carbocycles. The molecule has 1 aliphatic rings. The van der Waals surface area contributed by atoms with Gasteiger partial charge in [0.1, 0.15) is 0 Å². The first-order valence-corrected chi connectivity index (χ1v) is 7.48. The van der Waals surface area contributed by atoms with Crippen molar-refractivity contribution in [3.8, 4) is 0 Å². The van der Waals surface area contributed by atoms with Crippen molar-refractivity contribution in [1.29, 1.82) is 0 Å². The zero-order valence-electron chi connectivity index (χ0n) is 11.3. The lowest BCUT2D eigenvalue weighted by Gasteiger charge is -2.38. The van der Waals surface area contributed by atoms with E-state index in [9.17, 15) is 4.79 Å². The number of ketones is 1. The second-order valence-electron chi connectivity index (χ2n) is 5.35. The van der Waals surface area contributed by atoms with Crippen molar-refractivity contribution < 1.29 is 4.79 Å². The highest BCUT2D eigenvalue weighted by Gasteiger charge is 2.26. The average molecular weight is 300 g/mol. The normalized spacial score (nSPS) is 24.4. The molecule has 19 heavy (non-hydrogen) atoms. The average Bonchev–Trinajstić information content (AvgIpc) is 2.37. The van der Waals surface area contributed by atoms with Crippen LogP contribution in [-0.4, -0.2) is 29.3 Å². The fourth-order valence-electron chi connectivity index (χ4n) is 2.71. The van der Waals surface area contributed by atoms with Crippen molar-refractivity contribution in [3.63, 3.8) is 0 Å².